The molecule has 0 amide bonds. The van der Waals surface area contributed by atoms with Crippen molar-refractivity contribution in [3.05, 3.63) is 89.0 Å². The van der Waals surface area contributed by atoms with Crippen LogP contribution in [-0.2, 0) is 6.54 Å². The molecule has 0 aliphatic carbocycles. The second kappa shape index (κ2) is 9.52. The van der Waals surface area contributed by atoms with Gasteiger partial charge in [0.15, 0.2) is 0 Å². The molecule has 0 N–H and O–H groups in total. The lowest BCUT2D eigenvalue weighted by Gasteiger charge is -2.42. The fraction of sp³-hybridized carbons (Fsp3) is 0.360. The van der Waals surface area contributed by atoms with Crippen LogP contribution in [0.2, 0.25) is 0 Å². The Hall–Kier alpha value is -2.86. The van der Waals surface area contributed by atoms with Crippen LogP contribution < -0.4 is 4.74 Å². The summed E-state index contributed by atoms with van der Waals surface area (Å²) in [4.78, 5) is 11.8. The molecular weight excluding hydrogens is 396 g/mol. The summed E-state index contributed by atoms with van der Waals surface area (Å²) in [6.45, 7) is 1.77. The third-order valence-corrected chi connectivity index (χ3v) is 6.03. The molecule has 2 aromatic heterocycles. The summed E-state index contributed by atoms with van der Waals surface area (Å²) in [6, 6.07) is 15.2. The van der Waals surface area contributed by atoms with Gasteiger partial charge in [-0.3, -0.25) is 14.9 Å². The van der Waals surface area contributed by atoms with E-state index < -0.39 is 6.61 Å². The molecule has 1 saturated heterocycles. The topological polar surface area (TPSA) is 38.2 Å². The van der Waals surface area contributed by atoms with E-state index in [1.807, 2.05) is 36.7 Å². The van der Waals surface area contributed by atoms with Gasteiger partial charge in [-0.15, -0.1) is 0 Å². The van der Waals surface area contributed by atoms with Gasteiger partial charge >= 0.3 is 6.61 Å². The van der Waals surface area contributed by atoms with Crippen molar-refractivity contribution in [2.24, 2.45) is 0 Å². The average Bonchev–Trinajstić information content (AvgIpc) is 2.76. The molecule has 1 unspecified atom stereocenters. The maximum absolute atomic E-state index is 13.0. The van der Waals surface area contributed by atoms with Gasteiger partial charge in [0, 0.05) is 24.5 Å². The standard InChI is InChI=1S/C25H27F2N3O/c1-17-8-6-14-28-23(17)20-11-5-12-21(24-18(2)9-7-15-29-24)30(20)16-19-10-3-4-13-22(19)31-25(26)27/h3-4,6-10,13-15,20-21,25H,5,11-12,16H2,1-2H3/t20-,21?/m0/s1. The van der Waals surface area contributed by atoms with E-state index in [2.05, 4.69) is 30.9 Å². The van der Waals surface area contributed by atoms with Gasteiger partial charge in [0.1, 0.15) is 5.75 Å². The van der Waals surface area contributed by atoms with Gasteiger partial charge in [0.25, 0.3) is 0 Å². The molecule has 3 aromatic rings. The number of hydrogen-bond acceptors (Lipinski definition) is 4. The largest absolute Gasteiger partial charge is 0.434 e. The molecule has 0 radical (unpaired) electrons. The summed E-state index contributed by atoms with van der Waals surface area (Å²) >= 11 is 0. The lowest BCUT2D eigenvalue weighted by Crippen LogP contribution is -2.37. The number of aromatic nitrogens is 2. The Bertz CT molecular complexity index is 973. The van der Waals surface area contributed by atoms with Gasteiger partial charge in [-0.2, -0.15) is 8.78 Å². The maximum Gasteiger partial charge on any atom is 0.387 e. The van der Waals surface area contributed by atoms with E-state index in [1.54, 1.807) is 12.1 Å². The van der Waals surface area contributed by atoms with Crippen LogP contribution in [-0.4, -0.2) is 21.5 Å². The summed E-state index contributed by atoms with van der Waals surface area (Å²) in [5.41, 5.74) is 5.07. The normalized spacial score (nSPS) is 19.5. The monoisotopic (exact) mass is 423 g/mol. The van der Waals surface area contributed by atoms with Crippen molar-refractivity contribution < 1.29 is 13.5 Å². The summed E-state index contributed by atoms with van der Waals surface area (Å²) in [6.07, 6.45) is 6.61. The van der Waals surface area contributed by atoms with Gasteiger partial charge < -0.3 is 4.74 Å². The van der Waals surface area contributed by atoms with Crippen molar-refractivity contribution in [1.82, 2.24) is 14.9 Å². The van der Waals surface area contributed by atoms with Crippen LogP contribution in [0, 0.1) is 13.8 Å². The van der Waals surface area contributed by atoms with Gasteiger partial charge in [-0.05, 0) is 62.4 Å². The number of likely N-dealkylation sites (tertiary alicyclic amines) is 1. The summed E-state index contributed by atoms with van der Waals surface area (Å²) in [7, 11) is 0. The first kappa shape index (κ1) is 21.4. The third kappa shape index (κ3) is 4.74. The predicted octanol–water partition coefficient (Wildman–Crippen LogP) is 6.16. The van der Waals surface area contributed by atoms with Crippen molar-refractivity contribution in [2.75, 3.05) is 0 Å². The maximum atomic E-state index is 13.0. The highest BCUT2D eigenvalue weighted by atomic mass is 19.3. The molecular formula is C25H27F2N3O. The number of aryl methyl sites for hydroxylation is 2. The highest BCUT2D eigenvalue weighted by Crippen LogP contribution is 2.43. The Balaban J connectivity index is 1.77. The number of nitrogens with zero attached hydrogens (tertiary/aromatic N) is 3. The van der Waals surface area contributed by atoms with E-state index in [4.69, 9.17) is 14.7 Å². The molecule has 1 aliphatic rings. The highest BCUT2D eigenvalue weighted by Gasteiger charge is 2.35. The number of rotatable bonds is 6. The first-order valence-electron chi connectivity index (χ1n) is 10.7. The smallest absolute Gasteiger partial charge is 0.387 e. The molecule has 4 rings (SSSR count). The Morgan fingerprint density at radius 2 is 1.48 bits per heavy atom. The first-order valence-corrected chi connectivity index (χ1v) is 10.7. The zero-order valence-electron chi connectivity index (χ0n) is 17.8. The molecule has 1 fully saturated rings. The molecule has 0 saturated carbocycles. The zero-order valence-corrected chi connectivity index (χ0v) is 17.8. The summed E-state index contributed by atoms with van der Waals surface area (Å²) in [5.74, 6) is 0.219. The van der Waals surface area contributed by atoms with Gasteiger partial charge in [-0.1, -0.05) is 30.3 Å². The van der Waals surface area contributed by atoms with Crippen LogP contribution in [0.3, 0.4) is 0 Å². The minimum atomic E-state index is -2.86. The second-order valence-corrected chi connectivity index (χ2v) is 8.03. The number of ether oxygens (including phenoxy) is 1. The second-order valence-electron chi connectivity index (χ2n) is 8.03. The number of para-hydroxylation sites is 1. The zero-order chi connectivity index (χ0) is 21.8. The number of alkyl halides is 2. The van der Waals surface area contributed by atoms with Crippen molar-refractivity contribution >= 4 is 0 Å². The van der Waals surface area contributed by atoms with Crippen LogP contribution in [0.15, 0.2) is 60.9 Å². The van der Waals surface area contributed by atoms with Gasteiger partial charge in [0.05, 0.1) is 23.5 Å². The number of hydrogen-bond donors (Lipinski definition) is 0. The average molecular weight is 424 g/mol. The minimum absolute atomic E-state index is 0.0703. The predicted molar refractivity (Wildman–Crippen MR) is 116 cm³/mol. The summed E-state index contributed by atoms with van der Waals surface area (Å²) in [5, 5.41) is 0. The molecule has 31 heavy (non-hydrogen) atoms. The van der Waals surface area contributed by atoms with E-state index in [1.165, 1.54) is 0 Å². The first-order chi connectivity index (χ1) is 15.0. The molecule has 0 bridgehead atoms. The Morgan fingerprint density at radius 1 is 0.903 bits per heavy atom. The SMILES string of the molecule is Cc1cccnc1C1CCC[C@@H](c2ncccc2C)N1Cc1ccccc1OC(F)F. The molecule has 4 nitrogen and oxygen atoms in total. The van der Waals surface area contributed by atoms with Gasteiger partial charge in [0.2, 0.25) is 0 Å². The van der Waals surface area contributed by atoms with E-state index in [0.29, 0.717) is 6.54 Å². The van der Waals surface area contributed by atoms with Crippen LogP contribution in [0.25, 0.3) is 0 Å². The van der Waals surface area contributed by atoms with Crippen molar-refractivity contribution in [3.8, 4) is 5.75 Å². The van der Waals surface area contributed by atoms with Crippen LogP contribution >= 0.6 is 0 Å². The van der Waals surface area contributed by atoms with E-state index in [0.717, 1.165) is 47.3 Å². The molecule has 0 spiro atoms. The molecule has 1 aromatic carbocycles. The van der Waals surface area contributed by atoms with E-state index >= 15 is 0 Å². The lowest BCUT2D eigenvalue weighted by atomic mass is 9.88. The van der Waals surface area contributed by atoms with Crippen molar-refractivity contribution in [2.45, 2.75) is 58.3 Å². The third-order valence-electron chi connectivity index (χ3n) is 6.03. The molecule has 6 heteroatoms. The molecule has 1 aliphatic heterocycles. The van der Waals surface area contributed by atoms with Crippen LogP contribution in [0.4, 0.5) is 8.78 Å². The number of benzene rings is 1. The van der Waals surface area contributed by atoms with Gasteiger partial charge in [-0.25, -0.2) is 0 Å². The van der Waals surface area contributed by atoms with Crippen LogP contribution in [0.1, 0.15) is 59.4 Å². The van der Waals surface area contributed by atoms with E-state index in [-0.39, 0.29) is 17.8 Å². The quantitative estimate of drug-likeness (QED) is 0.476. The Labute approximate surface area is 181 Å². The lowest BCUT2D eigenvalue weighted by molar-refractivity contribution is -0.0512. The molecule has 3 heterocycles. The fourth-order valence-electron chi connectivity index (χ4n) is 4.60. The number of halogens is 2. The number of piperidine rings is 1. The van der Waals surface area contributed by atoms with Crippen LogP contribution in [0.5, 0.6) is 5.75 Å². The summed E-state index contributed by atoms with van der Waals surface area (Å²) < 4.78 is 30.8. The Kier molecular flexibility index (Phi) is 6.56. The fourth-order valence-corrected chi connectivity index (χ4v) is 4.60. The molecule has 2 atom stereocenters. The molecule has 162 valence electrons. The van der Waals surface area contributed by atoms with Crippen molar-refractivity contribution in [3.63, 3.8) is 0 Å². The van der Waals surface area contributed by atoms with E-state index in [9.17, 15) is 8.78 Å². The number of pyridine rings is 2. The minimum Gasteiger partial charge on any atom is -0.434 e. The Morgan fingerprint density at radius 3 is 2.03 bits per heavy atom. The van der Waals surface area contributed by atoms with Crippen molar-refractivity contribution in [1.29, 1.82) is 0 Å². The highest BCUT2D eigenvalue weighted by molar-refractivity contribution is 5.34.